The number of rotatable bonds is 4. The lowest BCUT2D eigenvalue weighted by Crippen LogP contribution is -2.19. The Kier molecular flexibility index (Phi) is 3.58. The van der Waals surface area contributed by atoms with Crippen LogP contribution in [0.25, 0.3) is 0 Å². The fraction of sp³-hybridized carbons (Fsp3) is 0.500. The van der Waals surface area contributed by atoms with E-state index >= 15 is 0 Å². The predicted molar refractivity (Wildman–Crippen MR) is 51.4 cm³/mol. The normalized spacial score (nSPS) is 12.5. The van der Waals surface area contributed by atoms with Crippen molar-refractivity contribution in [1.82, 2.24) is 9.97 Å². The molecule has 1 aromatic heterocycles. The fourth-order valence-electron chi connectivity index (χ4n) is 0.828. The predicted octanol–water partition coefficient (Wildman–Crippen LogP) is 0.645. The second kappa shape index (κ2) is 4.71. The molecule has 3 N–H and O–H groups in total. The van der Waals surface area contributed by atoms with Crippen LogP contribution in [0.1, 0.15) is 6.92 Å². The fourth-order valence-corrected chi connectivity index (χ4v) is 0.828. The van der Waals surface area contributed by atoms with Crippen LogP contribution in [-0.4, -0.2) is 29.7 Å². The summed E-state index contributed by atoms with van der Waals surface area (Å²) in [6, 6.07) is 0. The number of anilines is 2. The molecule has 5 nitrogen and oxygen atoms in total. The van der Waals surface area contributed by atoms with Crippen LogP contribution in [0.4, 0.5) is 16.2 Å². The molecule has 1 atom stereocenters. The Labute approximate surface area is 81.5 Å². The van der Waals surface area contributed by atoms with E-state index in [9.17, 15) is 4.39 Å². The Balaban J connectivity index is 2.62. The van der Waals surface area contributed by atoms with Crippen LogP contribution < -0.4 is 11.1 Å². The molecule has 0 saturated heterocycles. The van der Waals surface area contributed by atoms with Crippen molar-refractivity contribution in [2.45, 2.75) is 13.0 Å². The van der Waals surface area contributed by atoms with Crippen LogP contribution in [0.15, 0.2) is 6.20 Å². The van der Waals surface area contributed by atoms with Gasteiger partial charge in [-0.25, -0.2) is 9.37 Å². The van der Waals surface area contributed by atoms with Gasteiger partial charge in [0.2, 0.25) is 5.95 Å². The number of hydrogen-bond donors (Lipinski definition) is 2. The van der Waals surface area contributed by atoms with Gasteiger partial charge >= 0.3 is 0 Å². The van der Waals surface area contributed by atoms with Crippen molar-refractivity contribution >= 4 is 11.8 Å². The zero-order valence-electron chi connectivity index (χ0n) is 8.12. The number of methoxy groups -OCH3 is 1. The van der Waals surface area contributed by atoms with Crippen molar-refractivity contribution < 1.29 is 9.13 Å². The van der Waals surface area contributed by atoms with E-state index < -0.39 is 5.82 Å². The van der Waals surface area contributed by atoms with Crippen LogP contribution in [0.5, 0.6) is 0 Å². The molecular formula is C8H13FN4O. The highest BCUT2D eigenvalue weighted by atomic mass is 19.1. The lowest BCUT2D eigenvalue weighted by atomic mass is 10.4. The Bertz CT molecular complexity index is 307. The van der Waals surface area contributed by atoms with Crippen LogP contribution in [0.2, 0.25) is 0 Å². The summed E-state index contributed by atoms with van der Waals surface area (Å²) in [6.07, 6.45) is 1.01. The van der Waals surface area contributed by atoms with Gasteiger partial charge in [-0.15, -0.1) is 0 Å². The van der Waals surface area contributed by atoms with Gasteiger partial charge in [0.25, 0.3) is 0 Å². The van der Waals surface area contributed by atoms with Gasteiger partial charge < -0.3 is 15.8 Å². The van der Waals surface area contributed by atoms with Gasteiger partial charge in [-0.2, -0.15) is 4.98 Å². The van der Waals surface area contributed by atoms with Crippen LogP contribution in [-0.2, 0) is 4.74 Å². The third-order valence-electron chi connectivity index (χ3n) is 1.72. The number of aromatic nitrogens is 2. The molecule has 0 bridgehead atoms. The van der Waals surface area contributed by atoms with E-state index in [0.29, 0.717) is 6.54 Å². The number of hydrogen-bond acceptors (Lipinski definition) is 5. The molecule has 0 amide bonds. The Hall–Kier alpha value is -1.43. The molecule has 0 fully saturated rings. The van der Waals surface area contributed by atoms with Gasteiger partial charge in [0.05, 0.1) is 12.3 Å². The van der Waals surface area contributed by atoms with E-state index in [1.807, 2.05) is 6.92 Å². The smallest absolute Gasteiger partial charge is 0.222 e. The lowest BCUT2D eigenvalue weighted by Gasteiger charge is -2.11. The van der Waals surface area contributed by atoms with Gasteiger partial charge in [0.1, 0.15) is 0 Å². The van der Waals surface area contributed by atoms with Crippen LogP contribution in [0.3, 0.4) is 0 Å². The van der Waals surface area contributed by atoms with Crippen molar-refractivity contribution in [3.8, 4) is 0 Å². The first-order valence-corrected chi connectivity index (χ1v) is 4.18. The number of nitrogens with two attached hydrogens (primary N) is 1. The molecule has 0 radical (unpaired) electrons. The zero-order valence-corrected chi connectivity index (χ0v) is 8.12. The molecule has 6 heteroatoms. The largest absolute Gasteiger partial charge is 0.380 e. The first kappa shape index (κ1) is 10.6. The highest BCUT2D eigenvalue weighted by Crippen LogP contribution is 2.09. The van der Waals surface area contributed by atoms with E-state index in [0.717, 1.165) is 6.20 Å². The average molecular weight is 200 g/mol. The number of nitrogens with zero attached hydrogens (tertiary/aromatic N) is 2. The van der Waals surface area contributed by atoms with Crippen LogP contribution in [0, 0.1) is 5.82 Å². The van der Waals surface area contributed by atoms with E-state index in [2.05, 4.69) is 15.3 Å². The quantitative estimate of drug-likeness (QED) is 0.746. The van der Waals surface area contributed by atoms with Crippen LogP contribution >= 0.6 is 0 Å². The highest BCUT2D eigenvalue weighted by Gasteiger charge is 2.06. The molecule has 0 aromatic carbocycles. The molecular weight excluding hydrogens is 187 g/mol. The maximum absolute atomic E-state index is 13.0. The summed E-state index contributed by atoms with van der Waals surface area (Å²) in [7, 11) is 1.58. The second-order valence-corrected chi connectivity index (χ2v) is 2.85. The molecule has 0 aliphatic carbocycles. The first-order chi connectivity index (χ1) is 6.63. The summed E-state index contributed by atoms with van der Waals surface area (Å²) in [5.74, 6) is -0.386. The van der Waals surface area contributed by atoms with Crippen molar-refractivity contribution in [2.75, 3.05) is 24.7 Å². The summed E-state index contributed by atoms with van der Waals surface area (Å²) in [5.41, 5.74) is 5.31. The van der Waals surface area contributed by atoms with Gasteiger partial charge in [-0.1, -0.05) is 0 Å². The monoisotopic (exact) mass is 200 g/mol. The second-order valence-electron chi connectivity index (χ2n) is 2.85. The molecule has 14 heavy (non-hydrogen) atoms. The summed E-state index contributed by atoms with van der Waals surface area (Å²) in [5, 5.41) is 2.77. The molecule has 0 spiro atoms. The maximum atomic E-state index is 13.0. The van der Waals surface area contributed by atoms with Crippen molar-refractivity contribution in [2.24, 2.45) is 0 Å². The Morgan fingerprint density at radius 2 is 2.43 bits per heavy atom. The van der Waals surface area contributed by atoms with E-state index in [4.69, 9.17) is 10.5 Å². The van der Waals surface area contributed by atoms with Crippen molar-refractivity contribution in [3.63, 3.8) is 0 Å². The van der Waals surface area contributed by atoms with Gasteiger partial charge in [-0.3, -0.25) is 0 Å². The van der Waals surface area contributed by atoms with Gasteiger partial charge in [-0.05, 0) is 6.92 Å². The zero-order chi connectivity index (χ0) is 10.6. The number of nitrogen functional groups attached to an aromatic ring is 1. The Morgan fingerprint density at radius 1 is 1.71 bits per heavy atom. The third kappa shape index (κ3) is 2.81. The van der Waals surface area contributed by atoms with E-state index in [1.54, 1.807) is 7.11 Å². The van der Waals surface area contributed by atoms with E-state index in [1.165, 1.54) is 0 Å². The lowest BCUT2D eigenvalue weighted by molar-refractivity contribution is 0.128. The maximum Gasteiger partial charge on any atom is 0.222 e. The minimum Gasteiger partial charge on any atom is -0.380 e. The molecule has 1 unspecified atom stereocenters. The standard InChI is InChI=1S/C8H13FN4O/c1-5(14-2)3-11-7-6(9)4-12-8(10)13-7/h4-5H,3H2,1-2H3,(H3,10,11,12,13). The van der Waals surface area contributed by atoms with Crippen molar-refractivity contribution in [1.29, 1.82) is 0 Å². The molecule has 0 aliphatic heterocycles. The minimum absolute atomic E-state index is 0.0226. The number of halogens is 1. The third-order valence-corrected chi connectivity index (χ3v) is 1.72. The molecule has 1 heterocycles. The summed E-state index contributed by atoms with van der Waals surface area (Å²) in [6.45, 7) is 2.32. The van der Waals surface area contributed by atoms with Gasteiger partial charge in [0.15, 0.2) is 11.6 Å². The molecule has 0 saturated carbocycles. The number of ether oxygens (including phenoxy) is 1. The minimum atomic E-state index is -0.525. The topological polar surface area (TPSA) is 73.1 Å². The summed E-state index contributed by atoms with van der Waals surface area (Å²) in [4.78, 5) is 7.21. The van der Waals surface area contributed by atoms with Gasteiger partial charge in [0, 0.05) is 13.7 Å². The summed E-state index contributed by atoms with van der Waals surface area (Å²) >= 11 is 0. The molecule has 1 aromatic rings. The SMILES string of the molecule is COC(C)CNc1nc(N)ncc1F. The molecule has 78 valence electrons. The van der Waals surface area contributed by atoms with Crippen molar-refractivity contribution in [3.05, 3.63) is 12.0 Å². The molecule has 1 rings (SSSR count). The summed E-state index contributed by atoms with van der Waals surface area (Å²) < 4.78 is 18.0. The Morgan fingerprint density at radius 3 is 3.07 bits per heavy atom. The molecule has 0 aliphatic rings. The highest BCUT2D eigenvalue weighted by molar-refractivity contribution is 5.39. The first-order valence-electron chi connectivity index (χ1n) is 4.18. The average Bonchev–Trinajstić information content (AvgIpc) is 2.19. The number of nitrogens with one attached hydrogen (secondary N) is 1. The van der Waals surface area contributed by atoms with E-state index in [-0.39, 0.29) is 17.9 Å².